The van der Waals surface area contributed by atoms with Gasteiger partial charge in [0.2, 0.25) is 0 Å². The van der Waals surface area contributed by atoms with Crippen molar-refractivity contribution in [1.29, 1.82) is 0 Å². The average molecular weight is 288 g/mol. The molecule has 5 heteroatoms. The Kier molecular flexibility index (Phi) is 6.33. The van der Waals surface area contributed by atoms with Crippen LogP contribution in [0, 0.1) is 17.0 Å². The number of nitro benzene ring substituents is 1. The molecule has 0 aliphatic heterocycles. The van der Waals surface area contributed by atoms with Crippen LogP contribution in [0.3, 0.4) is 0 Å². The van der Waals surface area contributed by atoms with Gasteiger partial charge in [0, 0.05) is 23.4 Å². The first kappa shape index (κ1) is 16.6. The highest BCUT2D eigenvalue weighted by atomic mass is 16.6. The van der Waals surface area contributed by atoms with Crippen LogP contribution >= 0.6 is 0 Å². The van der Waals surface area contributed by atoms with E-state index < -0.39 is 4.92 Å². The number of carbonyl (C=O) groups excluding carboxylic acids is 1. The van der Waals surface area contributed by atoms with Gasteiger partial charge in [0.1, 0.15) is 0 Å². The number of nitro groups is 1. The average Bonchev–Trinajstić information content (AvgIpc) is 2.50. The van der Waals surface area contributed by atoms with Crippen molar-refractivity contribution < 1.29 is 9.72 Å². The van der Waals surface area contributed by atoms with Gasteiger partial charge in [-0.3, -0.25) is 14.9 Å². The van der Waals surface area contributed by atoms with E-state index in [4.69, 9.17) is 0 Å². The van der Waals surface area contributed by atoms with E-state index >= 15 is 0 Å². The SMILES string of the molecule is CC.Cc1cc([N+](=O)[O-])ccc1C(=O)NC1=CCCC=C1. The fraction of sp³-hybridized carbons (Fsp3) is 0.312. The van der Waals surface area contributed by atoms with Crippen molar-refractivity contribution in [3.8, 4) is 0 Å². The molecule has 0 unspecified atom stereocenters. The second kappa shape index (κ2) is 7.99. The van der Waals surface area contributed by atoms with Crippen molar-refractivity contribution in [2.24, 2.45) is 0 Å². The molecule has 0 bridgehead atoms. The molecule has 0 radical (unpaired) electrons. The van der Waals surface area contributed by atoms with Gasteiger partial charge in [-0.15, -0.1) is 0 Å². The number of nitrogens with zero attached hydrogens (tertiary/aromatic N) is 1. The number of aryl methyl sites for hydroxylation is 1. The van der Waals surface area contributed by atoms with Crippen molar-refractivity contribution in [1.82, 2.24) is 5.32 Å². The summed E-state index contributed by atoms with van der Waals surface area (Å²) < 4.78 is 0. The standard InChI is InChI=1S/C14H14N2O3.C2H6/c1-10-9-12(16(18)19)7-8-13(10)14(17)15-11-5-3-2-4-6-11;1-2/h3,5-9H,2,4H2,1H3,(H,15,17);1-2H3. The van der Waals surface area contributed by atoms with Crippen LogP contribution in [-0.4, -0.2) is 10.8 Å². The Morgan fingerprint density at radius 2 is 2.00 bits per heavy atom. The Hall–Kier alpha value is -2.43. The Morgan fingerprint density at radius 3 is 2.52 bits per heavy atom. The maximum Gasteiger partial charge on any atom is 0.269 e. The molecule has 21 heavy (non-hydrogen) atoms. The minimum absolute atomic E-state index is 0.00849. The Labute approximate surface area is 124 Å². The van der Waals surface area contributed by atoms with Crippen LogP contribution in [0.15, 0.2) is 42.1 Å². The predicted molar refractivity (Wildman–Crippen MR) is 83.1 cm³/mol. The zero-order valence-corrected chi connectivity index (χ0v) is 12.6. The van der Waals surface area contributed by atoms with E-state index in [0.29, 0.717) is 11.1 Å². The summed E-state index contributed by atoms with van der Waals surface area (Å²) in [6, 6.07) is 4.23. The van der Waals surface area contributed by atoms with E-state index in [1.807, 2.05) is 32.1 Å². The van der Waals surface area contributed by atoms with Gasteiger partial charge in [0.25, 0.3) is 11.6 Å². The molecule has 0 spiro atoms. The highest BCUT2D eigenvalue weighted by molar-refractivity contribution is 5.97. The number of carbonyl (C=O) groups is 1. The van der Waals surface area contributed by atoms with Crippen molar-refractivity contribution in [2.45, 2.75) is 33.6 Å². The van der Waals surface area contributed by atoms with Crippen LogP contribution < -0.4 is 5.32 Å². The van der Waals surface area contributed by atoms with E-state index in [1.54, 1.807) is 6.92 Å². The molecule has 112 valence electrons. The number of amides is 1. The summed E-state index contributed by atoms with van der Waals surface area (Å²) in [5.74, 6) is -0.245. The molecule has 1 N–H and O–H groups in total. The van der Waals surface area contributed by atoms with E-state index in [0.717, 1.165) is 18.5 Å². The topological polar surface area (TPSA) is 72.2 Å². The normalized spacial score (nSPS) is 12.8. The smallest absolute Gasteiger partial charge is 0.269 e. The monoisotopic (exact) mass is 288 g/mol. The third-order valence-electron chi connectivity index (χ3n) is 2.92. The number of nitrogens with one attached hydrogen (secondary N) is 1. The van der Waals surface area contributed by atoms with Crippen molar-refractivity contribution in [2.75, 3.05) is 0 Å². The molecule has 1 aliphatic rings. The third kappa shape index (κ3) is 4.56. The summed E-state index contributed by atoms with van der Waals surface area (Å²) in [6.45, 7) is 5.69. The number of hydrogen-bond donors (Lipinski definition) is 1. The molecule has 1 aromatic rings. The van der Waals surface area contributed by atoms with Gasteiger partial charge in [-0.25, -0.2) is 0 Å². The lowest BCUT2D eigenvalue weighted by molar-refractivity contribution is -0.384. The van der Waals surface area contributed by atoms with Crippen LogP contribution in [0.25, 0.3) is 0 Å². The molecule has 0 atom stereocenters. The van der Waals surface area contributed by atoms with Crippen molar-refractivity contribution in [3.05, 3.63) is 63.4 Å². The van der Waals surface area contributed by atoms with Crippen LogP contribution in [0.5, 0.6) is 0 Å². The zero-order chi connectivity index (χ0) is 15.8. The minimum Gasteiger partial charge on any atom is -0.322 e. The molecule has 1 aromatic carbocycles. The Bertz CT molecular complexity index is 589. The molecule has 0 fully saturated rings. The van der Waals surface area contributed by atoms with Gasteiger partial charge < -0.3 is 5.32 Å². The largest absolute Gasteiger partial charge is 0.322 e. The fourth-order valence-electron chi connectivity index (χ4n) is 1.92. The fourth-order valence-corrected chi connectivity index (χ4v) is 1.92. The Balaban J connectivity index is 0.00000106. The van der Waals surface area contributed by atoms with Crippen LogP contribution in [0.4, 0.5) is 5.69 Å². The number of allylic oxidation sites excluding steroid dienone is 3. The lowest BCUT2D eigenvalue weighted by Crippen LogP contribution is -2.23. The molecular weight excluding hydrogens is 268 g/mol. The van der Waals surface area contributed by atoms with Crippen molar-refractivity contribution >= 4 is 11.6 Å². The van der Waals surface area contributed by atoms with Gasteiger partial charge in [-0.2, -0.15) is 0 Å². The summed E-state index contributed by atoms with van der Waals surface area (Å²) in [5, 5.41) is 13.4. The molecule has 2 rings (SSSR count). The summed E-state index contributed by atoms with van der Waals surface area (Å²) in [7, 11) is 0. The molecule has 0 saturated heterocycles. The maximum absolute atomic E-state index is 12.1. The highest BCUT2D eigenvalue weighted by Gasteiger charge is 2.14. The minimum atomic E-state index is -0.471. The zero-order valence-electron chi connectivity index (χ0n) is 12.6. The molecule has 5 nitrogen and oxygen atoms in total. The maximum atomic E-state index is 12.1. The van der Waals surface area contributed by atoms with E-state index in [-0.39, 0.29) is 11.6 Å². The summed E-state index contributed by atoms with van der Waals surface area (Å²) in [5.41, 5.74) is 1.80. The summed E-state index contributed by atoms with van der Waals surface area (Å²) in [6.07, 6.45) is 7.71. The second-order valence-electron chi connectivity index (χ2n) is 4.35. The first-order valence-corrected chi connectivity index (χ1v) is 7.01. The molecule has 1 aliphatic carbocycles. The van der Waals surface area contributed by atoms with Gasteiger partial charge in [0.15, 0.2) is 0 Å². The van der Waals surface area contributed by atoms with Crippen LogP contribution in [0.2, 0.25) is 0 Å². The first-order chi connectivity index (χ1) is 10.1. The molecule has 1 amide bonds. The first-order valence-electron chi connectivity index (χ1n) is 7.01. The van der Waals surface area contributed by atoms with Gasteiger partial charge in [0.05, 0.1) is 4.92 Å². The second-order valence-corrected chi connectivity index (χ2v) is 4.35. The van der Waals surface area contributed by atoms with E-state index in [2.05, 4.69) is 5.32 Å². The molecule has 0 heterocycles. The van der Waals surface area contributed by atoms with Crippen LogP contribution in [-0.2, 0) is 0 Å². The highest BCUT2D eigenvalue weighted by Crippen LogP contribution is 2.17. The van der Waals surface area contributed by atoms with Crippen molar-refractivity contribution in [3.63, 3.8) is 0 Å². The molecule has 0 saturated carbocycles. The number of benzene rings is 1. The lowest BCUT2D eigenvalue weighted by atomic mass is 10.1. The Morgan fingerprint density at radius 1 is 1.29 bits per heavy atom. The number of rotatable bonds is 3. The predicted octanol–water partition coefficient (Wildman–Crippen LogP) is 3.89. The van der Waals surface area contributed by atoms with Gasteiger partial charge in [-0.05, 0) is 37.5 Å². The summed E-state index contributed by atoms with van der Waals surface area (Å²) in [4.78, 5) is 22.2. The number of hydrogen-bond acceptors (Lipinski definition) is 3. The van der Waals surface area contributed by atoms with Gasteiger partial charge in [-0.1, -0.05) is 26.0 Å². The molecule has 0 aromatic heterocycles. The lowest BCUT2D eigenvalue weighted by Gasteiger charge is -2.10. The molecular formula is C16H20N2O3. The quantitative estimate of drug-likeness (QED) is 0.677. The van der Waals surface area contributed by atoms with Crippen LogP contribution in [0.1, 0.15) is 42.6 Å². The van der Waals surface area contributed by atoms with E-state index in [1.165, 1.54) is 18.2 Å². The summed E-state index contributed by atoms with van der Waals surface area (Å²) >= 11 is 0. The number of non-ortho nitro benzene ring substituents is 1. The van der Waals surface area contributed by atoms with Gasteiger partial charge >= 0.3 is 0 Å². The van der Waals surface area contributed by atoms with E-state index in [9.17, 15) is 14.9 Å². The third-order valence-corrected chi connectivity index (χ3v) is 2.92.